The highest BCUT2D eigenvalue weighted by atomic mass is 19.1. The number of aromatic amines is 1. The zero-order chi connectivity index (χ0) is 16.7. The third-order valence-electron chi connectivity index (χ3n) is 3.73. The molecule has 24 heavy (non-hydrogen) atoms. The number of anilines is 2. The van der Waals surface area contributed by atoms with Crippen LogP contribution in [0.1, 0.15) is 0 Å². The number of nitrogens with one attached hydrogen (secondary N) is 2. The van der Waals surface area contributed by atoms with Gasteiger partial charge in [-0.05, 0) is 30.3 Å². The van der Waals surface area contributed by atoms with E-state index >= 15 is 0 Å². The molecule has 0 saturated carbocycles. The molecule has 7 heteroatoms. The molecule has 2 aromatic carbocycles. The molecule has 2 heterocycles. The van der Waals surface area contributed by atoms with Crippen LogP contribution in [0.25, 0.3) is 21.8 Å². The Labute approximate surface area is 135 Å². The summed E-state index contributed by atoms with van der Waals surface area (Å²) in [5.41, 5.74) is 1.74. The van der Waals surface area contributed by atoms with Gasteiger partial charge in [-0.3, -0.25) is 10.1 Å². The number of hydrogen-bond acceptors (Lipinski definition) is 4. The Bertz CT molecular complexity index is 1040. The second kappa shape index (κ2) is 5.45. The van der Waals surface area contributed by atoms with Crippen LogP contribution in [0.4, 0.5) is 20.3 Å². The minimum absolute atomic E-state index is 0.272. The van der Waals surface area contributed by atoms with Crippen LogP contribution in [0, 0.1) is 11.6 Å². The van der Waals surface area contributed by atoms with Crippen molar-refractivity contribution in [1.82, 2.24) is 15.2 Å². The van der Waals surface area contributed by atoms with E-state index in [0.717, 1.165) is 22.4 Å². The van der Waals surface area contributed by atoms with Gasteiger partial charge in [0.25, 0.3) is 0 Å². The van der Waals surface area contributed by atoms with Crippen molar-refractivity contribution in [3.8, 4) is 5.75 Å². The van der Waals surface area contributed by atoms with Crippen molar-refractivity contribution < 1.29 is 13.5 Å². The fraction of sp³-hybridized carbons (Fsp3) is 0.0588. The quantitative estimate of drug-likeness (QED) is 0.594. The summed E-state index contributed by atoms with van der Waals surface area (Å²) in [6.45, 7) is 0. The summed E-state index contributed by atoms with van der Waals surface area (Å²) >= 11 is 0. The number of H-pyrrole nitrogens is 1. The molecule has 2 aromatic heterocycles. The topological polar surface area (TPSA) is 62.8 Å². The average Bonchev–Trinajstić information content (AvgIpc) is 2.96. The summed E-state index contributed by atoms with van der Waals surface area (Å²) in [4.78, 5) is 4.36. The van der Waals surface area contributed by atoms with Crippen molar-refractivity contribution in [3.63, 3.8) is 0 Å². The molecule has 0 bridgehead atoms. The highest BCUT2D eigenvalue weighted by Gasteiger charge is 2.12. The molecular weight excluding hydrogens is 314 g/mol. The van der Waals surface area contributed by atoms with Crippen molar-refractivity contribution >= 4 is 33.3 Å². The van der Waals surface area contributed by atoms with Gasteiger partial charge >= 0.3 is 0 Å². The summed E-state index contributed by atoms with van der Waals surface area (Å²) in [5.74, 6) is -0.188. The van der Waals surface area contributed by atoms with Crippen LogP contribution in [0.15, 0.2) is 42.6 Å². The van der Waals surface area contributed by atoms with Gasteiger partial charge in [-0.25, -0.2) is 8.78 Å². The second-order valence-electron chi connectivity index (χ2n) is 5.29. The average molecular weight is 326 g/mol. The Morgan fingerprint density at radius 3 is 2.62 bits per heavy atom. The molecule has 0 fully saturated rings. The Kier molecular flexibility index (Phi) is 3.26. The molecule has 0 aliphatic heterocycles. The Hall–Kier alpha value is -3.22. The van der Waals surface area contributed by atoms with Crippen LogP contribution >= 0.6 is 0 Å². The molecular formula is C17H12F2N4O. The fourth-order valence-electron chi connectivity index (χ4n) is 2.66. The van der Waals surface area contributed by atoms with Crippen molar-refractivity contribution in [2.75, 3.05) is 12.4 Å². The molecule has 0 aliphatic rings. The Morgan fingerprint density at radius 1 is 1.08 bits per heavy atom. The number of ether oxygens (including phenoxy) is 1. The van der Waals surface area contributed by atoms with Crippen LogP contribution in [0.3, 0.4) is 0 Å². The van der Waals surface area contributed by atoms with E-state index in [9.17, 15) is 8.78 Å². The van der Waals surface area contributed by atoms with Gasteiger partial charge in [0.2, 0.25) is 0 Å². The molecule has 0 atom stereocenters. The third kappa shape index (κ3) is 2.40. The molecule has 0 unspecified atom stereocenters. The summed E-state index contributed by atoms with van der Waals surface area (Å²) in [5, 5.41) is 11.6. The van der Waals surface area contributed by atoms with E-state index in [1.54, 1.807) is 13.3 Å². The number of halogens is 2. The Morgan fingerprint density at radius 2 is 1.88 bits per heavy atom. The smallest absolute Gasteiger partial charge is 0.160 e. The SMILES string of the molecule is COc1ccc2ncc3[nH]nc(Nc4cc(F)cc(F)c4)c3c2c1. The predicted octanol–water partition coefficient (Wildman–Crippen LogP) is 4.14. The molecule has 0 spiro atoms. The predicted molar refractivity (Wildman–Crippen MR) is 87.6 cm³/mol. The van der Waals surface area contributed by atoms with Crippen molar-refractivity contribution in [2.24, 2.45) is 0 Å². The monoisotopic (exact) mass is 326 g/mol. The number of fused-ring (bicyclic) bond motifs is 3. The van der Waals surface area contributed by atoms with E-state index in [-0.39, 0.29) is 5.69 Å². The number of nitrogens with zero attached hydrogens (tertiary/aromatic N) is 2. The molecule has 0 aliphatic carbocycles. The normalized spacial score (nSPS) is 11.1. The molecule has 0 saturated heterocycles. The number of hydrogen-bond donors (Lipinski definition) is 2. The fourth-order valence-corrected chi connectivity index (χ4v) is 2.66. The highest BCUT2D eigenvalue weighted by Crippen LogP contribution is 2.32. The third-order valence-corrected chi connectivity index (χ3v) is 3.73. The van der Waals surface area contributed by atoms with Crippen LogP contribution < -0.4 is 10.1 Å². The van der Waals surface area contributed by atoms with Crippen molar-refractivity contribution in [2.45, 2.75) is 0 Å². The van der Waals surface area contributed by atoms with Crippen LogP contribution in [-0.2, 0) is 0 Å². The lowest BCUT2D eigenvalue weighted by molar-refractivity contribution is 0.415. The van der Waals surface area contributed by atoms with Gasteiger partial charge in [-0.2, -0.15) is 5.10 Å². The first-order valence-corrected chi connectivity index (χ1v) is 7.18. The lowest BCUT2D eigenvalue weighted by atomic mass is 10.1. The minimum atomic E-state index is -0.662. The number of pyridine rings is 1. The first kappa shape index (κ1) is 14.4. The number of methoxy groups -OCH3 is 1. The molecule has 4 rings (SSSR count). The molecule has 0 radical (unpaired) electrons. The van der Waals surface area contributed by atoms with E-state index < -0.39 is 11.6 Å². The van der Waals surface area contributed by atoms with E-state index in [2.05, 4.69) is 20.5 Å². The number of benzene rings is 2. The standard InChI is InChI=1S/C17H12F2N4O/c1-24-12-2-3-14-13(7-12)16-15(8-20-14)22-23-17(16)21-11-5-9(18)4-10(19)6-11/h2-8H,1H3,(H2,21,22,23). The first-order chi connectivity index (χ1) is 11.6. The molecule has 2 N–H and O–H groups in total. The number of rotatable bonds is 3. The number of aromatic nitrogens is 3. The highest BCUT2D eigenvalue weighted by molar-refractivity contribution is 6.10. The van der Waals surface area contributed by atoms with E-state index in [1.165, 1.54) is 12.1 Å². The molecule has 120 valence electrons. The zero-order valence-electron chi connectivity index (χ0n) is 12.6. The van der Waals surface area contributed by atoms with Gasteiger partial charge in [-0.1, -0.05) is 0 Å². The summed E-state index contributed by atoms with van der Waals surface area (Å²) in [6, 6.07) is 8.72. The van der Waals surface area contributed by atoms with Crippen LogP contribution in [0.2, 0.25) is 0 Å². The summed E-state index contributed by atoms with van der Waals surface area (Å²) in [7, 11) is 1.58. The van der Waals surface area contributed by atoms with Gasteiger partial charge in [0.15, 0.2) is 5.82 Å². The van der Waals surface area contributed by atoms with E-state index in [1.807, 2.05) is 18.2 Å². The maximum atomic E-state index is 13.4. The molecule has 5 nitrogen and oxygen atoms in total. The van der Waals surface area contributed by atoms with Gasteiger partial charge < -0.3 is 10.1 Å². The zero-order valence-corrected chi connectivity index (χ0v) is 12.6. The van der Waals surface area contributed by atoms with Crippen LogP contribution in [0.5, 0.6) is 5.75 Å². The maximum absolute atomic E-state index is 13.4. The second-order valence-corrected chi connectivity index (χ2v) is 5.29. The Balaban J connectivity index is 1.90. The lowest BCUT2D eigenvalue weighted by Crippen LogP contribution is -1.94. The lowest BCUT2D eigenvalue weighted by Gasteiger charge is -2.07. The van der Waals surface area contributed by atoms with Crippen LogP contribution in [-0.4, -0.2) is 22.3 Å². The van der Waals surface area contributed by atoms with Crippen molar-refractivity contribution in [1.29, 1.82) is 0 Å². The van der Waals surface area contributed by atoms with E-state index in [4.69, 9.17) is 4.74 Å². The van der Waals surface area contributed by atoms with Gasteiger partial charge in [0.1, 0.15) is 17.4 Å². The van der Waals surface area contributed by atoms with Gasteiger partial charge in [0, 0.05) is 17.1 Å². The molecule has 0 amide bonds. The van der Waals surface area contributed by atoms with Gasteiger partial charge in [-0.15, -0.1) is 0 Å². The van der Waals surface area contributed by atoms with Gasteiger partial charge in [0.05, 0.1) is 29.7 Å². The largest absolute Gasteiger partial charge is 0.497 e. The summed E-state index contributed by atoms with van der Waals surface area (Å²) in [6.07, 6.45) is 1.66. The molecule has 4 aromatic rings. The maximum Gasteiger partial charge on any atom is 0.160 e. The van der Waals surface area contributed by atoms with E-state index in [0.29, 0.717) is 17.1 Å². The first-order valence-electron chi connectivity index (χ1n) is 7.18. The van der Waals surface area contributed by atoms with Crippen molar-refractivity contribution in [3.05, 3.63) is 54.2 Å². The minimum Gasteiger partial charge on any atom is -0.497 e. The summed E-state index contributed by atoms with van der Waals surface area (Å²) < 4.78 is 32.0.